The summed E-state index contributed by atoms with van der Waals surface area (Å²) in [6.07, 6.45) is 1.01. The number of aryl methyl sites for hydroxylation is 1. The first-order valence-corrected chi connectivity index (χ1v) is 8.49. The first-order valence-electron chi connectivity index (χ1n) is 8.49. The number of likely N-dealkylation sites (N-methyl/N-ethyl adjacent to an activating group) is 1. The summed E-state index contributed by atoms with van der Waals surface area (Å²) in [7, 11) is 0. The Kier molecular flexibility index (Phi) is 7.75. The van der Waals surface area contributed by atoms with Crippen molar-refractivity contribution in [2.24, 2.45) is 0 Å². The fourth-order valence-electron chi connectivity index (χ4n) is 2.28. The molecule has 1 rings (SSSR count). The minimum Gasteiger partial charge on any atom is -0.494 e. The standard InChI is InChI=1S/C19H30N2O3/c1-6-21(14-17(22)20-19(3,4)5)18(23)11-8-12-24-16-10-7-9-15(2)13-16/h7,9-10,13H,6,8,11-12,14H2,1-5H3,(H,20,22). The lowest BCUT2D eigenvalue weighted by Crippen LogP contribution is -2.47. The molecule has 0 spiro atoms. The smallest absolute Gasteiger partial charge is 0.240 e. The molecule has 0 heterocycles. The third-order valence-corrected chi connectivity index (χ3v) is 3.38. The number of carbonyl (C=O) groups is 2. The van der Waals surface area contributed by atoms with Gasteiger partial charge < -0.3 is 15.0 Å². The van der Waals surface area contributed by atoms with Crippen LogP contribution in [0.2, 0.25) is 0 Å². The highest BCUT2D eigenvalue weighted by atomic mass is 16.5. The van der Waals surface area contributed by atoms with Crippen molar-refractivity contribution in [3.05, 3.63) is 29.8 Å². The third-order valence-electron chi connectivity index (χ3n) is 3.38. The summed E-state index contributed by atoms with van der Waals surface area (Å²) in [6, 6.07) is 7.83. The van der Waals surface area contributed by atoms with Gasteiger partial charge in [-0.3, -0.25) is 9.59 Å². The van der Waals surface area contributed by atoms with Gasteiger partial charge in [0.25, 0.3) is 0 Å². The molecule has 24 heavy (non-hydrogen) atoms. The predicted molar refractivity (Wildman–Crippen MR) is 96.1 cm³/mol. The third kappa shape index (κ3) is 7.99. The topological polar surface area (TPSA) is 58.6 Å². The van der Waals surface area contributed by atoms with Crippen LogP contribution in [0.1, 0.15) is 46.1 Å². The van der Waals surface area contributed by atoms with Crippen LogP contribution in [0.4, 0.5) is 0 Å². The molecule has 0 atom stereocenters. The van der Waals surface area contributed by atoms with E-state index in [1.807, 2.05) is 58.9 Å². The fourth-order valence-corrected chi connectivity index (χ4v) is 2.28. The largest absolute Gasteiger partial charge is 0.494 e. The maximum absolute atomic E-state index is 12.2. The normalized spacial score (nSPS) is 11.0. The van der Waals surface area contributed by atoms with Crippen molar-refractivity contribution >= 4 is 11.8 Å². The molecular formula is C19H30N2O3. The van der Waals surface area contributed by atoms with Gasteiger partial charge in [0.1, 0.15) is 5.75 Å². The van der Waals surface area contributed by atoms with E-state index in [2.05, 4.69) is 5.32 Å². The minimum absolute atomic E-state index is 0.0191. The number of ether oxygens (including phenoxy) is 1. The average Bonchev–Trinajstić information content (AvgIpc) is 2.47. The van der Waals surface area contributed by atoms with Crippen molar-refractivity contribution in [2.45, 2.75) is 53.0 Å². The molecule has 0 aromatic heterocycles. The van der Waals surface area contributed by atoms with Crippen LogP contribution in [0.25, 0.3) is 0 Å². The summed E-state index contributed by atoms with van der Waals surface area (Å²) in [5.41, 5.74) is 0.854. The first-order chi connectivity index (χ1) is 11.2. The molecule has 0 aliphatic heterocycles. The Morgan fingerprint density at radius 2 is 1.96 bits per heavy atom. The van der Waals surface area contributed by atoms with Crippen LogP contribution in [-0.4, -0.2) is 41.9 Å². The molecule has 0 saturated carbocycles. The van der Waals surface area contributed by atoms with Gasteiger partial charge in [-0.05, 0) is 58.7 Å². The lowest BCUT2D eigenvalue weighted by Gasteiger charge is -2.25. The van der Waals surface area contributed by atoms with E-state index in [1.54, 1.807) is 4.90 Å². The molecule has 0 fully saturated rings. The Labute approximate surface area is 145 Å². The quantitative estimate of drug-likeness (QED) is 0.744. The van der Waals surface area contributed by atoms with E-state index in [9.17, 15) is 9.59 Å². The fraction of sp³-hybridized carbons (Fsp3) is 0.579. The van der Waals surface area contributed by atoms with Crippen LogP contribution in [0.15, 0.2) is 24.3 Å². The molecule has 0 saturated heterocycles. The van der Waals surface area contributed by atoms with E-state index in [1.165, 1.54) is 0 Å². The monoisotopic (exact) mass is 334 g/mol. The highest BCUT2D eigenvalue weighted by Crippen LogP contribution is 2.13. The van der Waals surface area contributed by atoms with Gasteiger partial charge in [-0.15, -0.1) is 0 Å². The Morgan fingerprint density at radius 3 is 2.54 bits per heavy atom. The summed E-state index contributed by atoms with van der Waals surface area (Å²) in [5, 5.41) is 2.88. The number of hydrogen-bond acceptors (Lipinski definition) is 3. The zero-order valence-corrected chi connectivity index (χ0v) is 15.5. The zero-order valence-electron chi connectivity index (χ0n) is 15.5. The van der Waals surface area contributed by atoms with Gasteiger partial charge in [-0.2, -0.15) is 0 Å². The van der Waals surface area contributed by atoms with E-state index < -0.39 is 0 Å². The number of nitrogens with one attached hydrogen (secondary N) is 1. The summed E-state index contributed by atoms with van der Waals surface area (Å²) in [6.45, 7) is 10.8. The lowest BCUT2D eigenvalue weighted by molar-refractivity contribution is -0.136. The molecule has 2 amide bonds. The van der Waals surface area contributed by atoms with Crippen molar-refractivity contribution in [1.29, 1.82) is 0 Å². The molecule has 1 aromatic rings. The van der Waals surface area contributed by atoms with Gasteiger partial charge in [0.05, 0.1) is 13.2 Å². The van der Waals surface area contributed by atoms with E-state index in [-0.39, 0.29) is 23.9 Å². The molecule has 0 radical (unpaired) electrons. The Hall–Kier alpha value is -2.04. The molecule has 0 aliphatic carbocycles. The van der Waals surface area contributed by atoms with Gasteiger partial charge in [0, 0.05) is 18.5 Å². The van der Waals surface area contributed by atoms with Gasteiger partial charge in [-0.25, -0.2) is 0 Å². The summed E-state index contributed by atoms with van der Waals surface area (Å²) < 4.78 is 5.65. The first kappa shape index (κ1) is 20.0. The molecule has 0 aliphatic rings. The number of amides is 2. The lowest BCUT2D eigenvalue weighted by atomic mass is 10.1. The van der Waals surface area contributed by atoms with Crippen LogP contribution in [0, 0.1) is 6.92 Å². The van der Waals surface area contributed by atoms with Crippen LogP contribution in [0.3, 0.4) is 0 Å². The minimum atomic E-state index is -0.290. The number of hydrogen-bond donors (Lipinski definition) is 1. The zero-order chi connectivity index (χ0) is 18.2. The summed E-state index contributed by atoms with van der Waals surface area (Å²) >= 11 is 0. The maximum atomic E-state index is 12.2. The van der Waals surface area contributed by atoms with E-state index in [4.69, 9.17) is 4.74 Å². The highest BCUT2D eigenvalue weighted by molar-refractivity contribution is 5.85. The molecule has 1 N–H and O–H groups in total. The van der Waals surface area contributed by atoms with Crippen LogP contribution in [0.5, 0.6) is 5.75 Å². The Morgan fingerprint density at radius 1 is 1.25 bits per heavy atom. The second-order valence-electron chi connectivity index (χ2n) is 6.97. The molecule has 0 unspecified atom stereocenters. The van der Waals surface area contributed by atoms with Crippen molar-refractivity contribution < 1.29 is 14.3 Å². The Balaban J connectivity index is 2.35. The van der Waals surface area contributed by atoms with Gasteiger partial charge >= 0.3 is 0 Å². The number of rotatable bonds is 8. The SMILES string of the molecule is CCN(CC(=O)NC(C)(C)C)C(=O)CCCOc1cccc(C)c1. The van der Waals surface area contributed by atoms with E-state index in [0.29, 0.717) is 26.0 Å². The Bertz CT molecular complexity index is 550. The molecule has 0 bridgehead atoms. The van der Waals surface area contributed by atoms with Crippen molar-refractivity contribution in [3.63, 3.8) is 0 Å². The average molecular weight is 334 g/mol. The number of nitrogens with zero attached hydrogens (tertiary/aromatic N) is 1. The number of benzene rings is 1. The molecule has 134 valence electrons. The summed E-state index contributed by atoms with van der Waals surface area (Å²) in [4.78, 5) is 25.8. The second kappa shape index (κ2) is 9.30. The van der Waals surface area contributed by atoms with Gasteiger partial charge in [0.15, 0.2) is 0 Å². The predicted octanol–water partition coefficient (Wildman–Crippen LogP) is 2.92. The van der Waals surface area contributed by atoms with Crippen LogP contribution < -0.4 is 10.1 Å². The molecular weight excluding hydrogens is 304 g/mol. The second-order valence-corrected chi connectivity index (χ2v) is 6.97. The van der Waals surface area contributed by atoms with E-state index in [0.717, 1.165) is 11.3 Å². The maximum Gasteiger partial charge on any atom is 0.240 e. The molecule has 5 nitrogen and oxygen atoms in total. The molecule has 5 heteroatoms. The van der Waals surface area contributed by atoms with E-state index >= 15 is 0 Å². The highest BCUT2D eigenvalue weighted by Gasteiger charge is 2.19. The van der Waals surface area contributed by atoms with Gasteiger partial charge in [-0.1, -0.05) is 12.1 Å². The van der Waals surface area contributed by atoms with Crippen molar-refractivity contribution in [1.82, 2.24) is 10.2 Å². The molecule has 1 aromatic carbocycles. The summed E-state index contributed by atoms with van der Waals surface area (Å²) in [5.74, 6) is 0.669. The van der Waals surface area contributed by atoms with Crippen molar-refractivity contribution in [2.75, 3.05) is 19.7 Å². The van der Waals surface area contributed by atoms with Crippen LogP contribution >= 0.6 is 0 Å². The number of carbonyl (C=O) groups excluding carboxylic acids is 2. The van der Waals surface area contributed by atoms with Crippen LogP contribution in [-0.2, 0) is 9.59 Å². The van der Waals surface area contributed by atoms with Gasteiger partial charge in [0.2, 0.25) is 11.8 Å². The van der Waals surface area contributed by atoms with Crippen molar-refractivity contribution in [3.8, 4) is 5.75 Å².